The van der Waals surface area contributed by atoms with E-state index < -0.39 is 5.91 Å². The summed E-state index contributed by atoms with van der Waals surface area (Å²) in [5.74, 6) is 0.752. The van der Waals surface area contributed by atoms with Crippen LogP contribution in [0.1, 0.15) is 101 Å². The van der Waals surface area contributed by atoms with E-state index in [2.05, 4.69) is 20.5 Å². The van der Waals surface area contributed by atoms with Gasteiger partial charge >= 0.3 is 0 Å². The summed E-state index contributed by atoms with van der Waals surface area (Å²) in [6.07, 6.45) is 12.0. The first-order chi connectivity index (χ1) is 18.4. The Bertz CT molecular complexity index is 1240. The van der Waals surface area contributed by atoms with Crippen molar-refractivity contribution in [1.29, 1.82) is 0 Å². The number of Topliss-reactive ketones (excluding diaryl/α,β-unsaturated/α-hetero) is 1. The fourth-order valence-corrected chi connectivity index (χ4v) is 6.76. The second-order valence-corrected chi connectivity index (χ2v) is 11.7. The van der Waals surface area contributed by atoms with Gasteiger partial charge in [0.05, 0.1) is 5.56 Å². The first-order valence-electron chi connectivity index (χ1n) is 14.2. The fourth-order valence-electron chi connectivity index (χ4n) is 6.76. The van der Waals surface area contributed by atoms with Crippen molar-refractivity contribution in [3.63, 3.8) is 0 Å². The molecule has 4 aliphatic rings. The van der Waals surface area contributed by atoms with Crippen molar-refractivity contribution in [3.05, 3.63) is 52.7 Å². The Morgan fingerprint density at radius 2 is 1.63 bits per heavy atom. The predicted molar refractivity (Wildman–Crippen MR) is 147 cm³/mol. The summed E-state index contributed by atoms with van der Waals surface area (Å²) >= 11 is 0. The summed E-state index contributed by atoms with van der Waals surface area (Å²) < 4.78 is 0. The van der Waals surface area contributed by atoms with Gasteiger partial charge in [-0.25, -0.2) is 4.98 Å². The van der Waals surface area contributed by atoms with Gasteiger partial charge in [0.15, 0.2) is 5.78 Å². The largest absolute Gasteiger partial charge is 0.382 e. The number of carbonyl (C=O) groups is 3. The number of nitrogens with zero attached hydrogens (tertiary/aromatic N) is 2. The minimum atomic E-state index is -0.483. The van der Waals surface area contributed by atoms with E-state index in [1.807, 2.05) is 19.1 Å². The number of benzene rings is 1. The van der Waals surface area contributed by atoms with Crippen molar-refractivity contribution >= 4 is 29.1 Å². The lowest BCUT2D eigenvalue weighted by atomic mass is 9.95. The van der Waals surface area contributed by atoms with Gasteiger partial charge in [-0.05, 0) is 88.1 Å². The number of rotatable bonds is 8. The van der Waals surface area contributed by atoms with Gasteiger partial charge < -0.3 is 21.3 Å². The number of aryl methyl sites for hydroxylation is 1. The van der Waals surface area contributed by atoms with Gasteiger partial charge in [0, 0.05) is 53.1 Å². The van der Waals surface area contributed by atoms with Crippen molar-refractivity contribution in [2.45, 2.75) is 95.3 Å². The standard InChI is InChI=1S/C30H37N5O3/c1-17-12-25(29(31)37)26(33-20-4-2-3-5-20)15-24(17)30(38)34-21-13-22-9-10-23(14-21)35(22)27-11-8-19(16-32-27)28(36)18-6-7-18/h8,11-12,15-16,18,20-23,33H,2-7,9-10,13-14H2,1H3,(H2,31,37)(H,34,38)/t21-,22+,23-. The van der Waals surface area contributed by atoms with E-state index in [1.165, 1.54) is 12.8 Å². The number of primary amides is 1. The molecule has 2 aliphatic carbocycles. The van der Waals surface area contributed by atoms with Crippen LogP contribution in [0.3, 0.4) is 0 Å². The maximum Gasteiger partial charge on any atom is 0.251 e. The highest BCUT2D eigenvalue weighted by Crippen LogP contribution is 2.39. The van der Waals surface area contributed by atoms with Crippen LogP contribution in [0.15, 0.2) is 30.5 Å². The average molecular weight is 516 g/mol. The molecule has 2 bridgehead atoms. The normalized spacial score (nSPS) is 24.9. The topological polar surface area (TPSA) is 117 Å². The quantitative estimate of drug-likeness (QED) is 0.450. The van der Waals surface area contributed by atoms with Crippen molar-refractivity contribution in [3.8, 4) is 0 Å². The minimum Gasteiger partial charge on any atom is -0.382 e. The van der Waals surface area contributed by atoms with Crippen LogP contribution in [0.25, 0.3) is 0 Å². The highest BCUT2D eigenvalue weighted by atomic mass is 16.2. The minimum absolute atomic E-state index is 0.0772. The smallest absolute Gasteiger partial charge is 0.251 e. The molecular weight excluding hydrogens is 478 g/mol. The van der Waals surface area contributed by atoms with Gasteiger partial charge in [-0.2, -0.15) is 0 Å². The molecule has 0 spiro atoms. The molecular formula is C30H37N5O3. The summed E-state index contributed by atoms with van der Waals surface area (Å²) in [6.45, 7) is 1.86. The summed E-state index contributed by atoms with van der Waals surface area (Å²) in [5, 5.41) is 6.76. The molecule has 38 heavy (non-hydrogen) atoms. The Morgan fingerprint density at radius 3 is 2.24 bits per heavy atom. The van der Waals surface area contributed by atoms with Crippen LogP contribution < -0.4 is 21.3 Å². The molecule has 200 valence electrons. The van der Waals surface area contributed by atoms with Crippen LogP contribution in [-0.4, -0.2) is 46.7 Å². The first-order valence-corrected chi connectivity index (χ1v) is 14.2. The van der Waals surface area contributed by atoms with E-state index >= 15 is 0 Å². The highest BCUT2D eigenvalue weighted by molar-refractivity contribution is 6.03. The zero-order chi connectivity index (χ0) is 26.4. The average Bonchev–Trinajstić information content (AvgIpc) is 3.56. The van der Waals surface area contributed by atoms with Gasteiger partial charge in [-0.3, -0.25) is 14.4 Å². The lowest BCUT2D eigenvalue weighted by Crippen LogP contribution is -2.50. The molecule has 1 aromatic heterocycles. The van der Waals surface area contributed by atoms with E-state index in [1.54, 1.807) is 18.3 Å². The van der Waals surface area contributed by atoms with E-state index in [0.717, 1.165) is 62.7 Å². The van der Waals surface area contributed by atoms with Gasteiger partial charge in [0.25, 0.3) is 11.8 Å². The molecule has 0 unspecified atom stereocenters. The van der Waals surface area contributed by atoms with Crippen LogP contribution in [0.2, 0.25) is 0 Å². The maximum atomic E-state index is 13.4. The molecule has 2 saturated carbocycles. The number of fused-ring (bicyclic) bond motifs is 2. The van der Waals surface area contributed by atoms with Gasteiger partial charge in [0.1, 0.15) is 5.82 Å². The molecule has 8 nitrogen and oxygen atoms in total. The number of pyridine rings is 1. The number of hydrogen-bond donors (Lipinski definition) is 3. The Morgan fingerprint density at radius 1 is 0.921 bits per heavy atom. The number of hydrogen-bond acceptors (Lipinski definition) is 6. The van der Waals surface area contributed by atoms with Crippen molar-refractivity contribution in [2.24, 2.45) is 11.7 Å². The summed E-state index contributed by atoms with van der Waals surface area (Å²) in [5.41, 5.74) is 8.81. The van der Waals surface area contributed by atoms with Crippen molar-refractivity contribution in [2.75, 3.05) is 10.2 Å². The Balaban J connectivity index is 1.14. The second-order valence-electron chi connectivity index (χ2n) is 11.7. The number of aromatic nitrogens is 1. The molecule has 4 N–H and O–H groups in total. The monoisotopic (exact) mass is 515 g/mol. The maximum absolute atomic E-state index is 13.4. The Labute approximate surface area is 223 Å². The molecule has 2 aliphatic heterocycles. The molecule has 2 saturated heterocycles. The third-order valence-corrected chi connectivity index (χ3v) is 8.90. The number of nitrogens with one attached hydrogen (secondary N) is 2. The molecule has 3 heterocycles. The van der Waals surface area contributed by atoms with Gasteiger partial charge in [0.2, 0.25) is 0 Å². The van der Waals surface area contributed by atoms with Crippen molar-refractivity contribution < 1.29 is 14.4 Å². The molecule has 0 radical (unpaired) electrons. The molecule has 2 aromatic rings. The molecule has 8 heteroatoms. The molecule has 1 aromatic carbocycles. The zero-order valence-electron chi connectivity index (χ0n) is 22.0. The van der Waals surface area contributed by atoms with Crippen LogP contribution in [-0.2, 0) is 0 Å². The van der Waals surface area contributed by atoms with E-state index in [0.29, 0.717) is 40.5 Å². The van der Waals surface area contributed by atoms with E-state index in [9.17, 15) is 14.4 Å². The number of ketones is 1. The fraction of sp³-hybridized carbons (Fsp3) is 0.533. The van der Waals surface area contributed by atoms with Gasteiger partial charge in [-0.15, -0.1) is 0 Å². The lowest BCUT2D eigenvalue weighted by Gasteiger charge is -2.40. The summed E-state index contributed by atoms with van der Waals surface area (Å²) in [6, 6.07) is 8.47. The lowest BCUT2D eigenvalue weighted by molar-refractivity contribution is 0.0923. The number of piperidine rings is 1. The Hall–Kier alpha value is -3.42. The van der Waals surface area contributed by atoms with E-state index in [4.69, 9.17) is 5.73 Å². The van der Waals surface area contributed by atoms with E-state index in [-0.39, 0.29) is 23.7 Å². The molecule has 6 rings (SSSR count). The highest BCUT2D eigenvalue weighted by Gasteiger charge is 2.42. The number of anilines is 2. The second kappa shape index (κ2) is 10.0. The first kappa shape index (κ1) is 24.9. The van der Waals surface area contributed by atoms with Crippen LogP contribution in [0, 0.1) is 12.8 Å². The SMILES string of the molecule is Cc1cc(C(N)=O)c(NC2CCCC2)cc1C(=O)N[C@H]1C[C@H]2CC[C@@H](C1)N2c1ccc(C(=O)C2CC2)cn1. The van der Waals surface area contributed by atoms with Crippen LogP contribution in [0.4, 0.5) is 11.5 Å². The third kappa shape index (κ3) is 4.88. The Kier molecular flexibility index (Phi) is 6.58. The molecule has 4 fully saturated rings. The van der Waals surface area contributed by atoms with Gasteiger partial charge in [-0.1, -0.05) is 12.8 Å². The molecule has 2 amide bonds. The predicted octanol–water partition coefficient (Wildman–Crippen LogP) is 4.37. The molecule has 3 atom stereocenters. The summed E-state index contributed by atoms with van der Waals surface area (Å²) in [4.78, 5) is 45.0. The zero-order valence-corrected chi connectivity index (χ0v) is 22.0. The number of nitrogens with two attached hydrogens (primary N) is 1. The summed E-state index contributed by atoms with van der Waals surface area (Å²) in [7, 11) is 0. The van der Waals surface area contributed by atoms with Crippen LogP contribution >= 0.6 is 0 Å². The number of amides is 2. The van der Waals surface area contributed by atoms with Crippen molar-refractivity contribution in [1.82, 2.24) is 10.3 Å². The third-order valence-electron chi connectivity index (χ3n) is 8.90. The number of carbonyl (C=O) groups excluding carboxylic acids is 3. The van der Waals surface area contributed by atoms with Crippen LogP contribution in [0.5, 0.6) is 0 Å².